The second-order valence-electron chi connectivity index (χ2n) is 5.62. The molecule has 2 N–H and O–H groups in total. The number of rotatable bonds is 7. The van der Waals surface area contributed by atoms with Gasteiger partial charge in [-0.05, 0) is 44.9 Å². The summed E-state index contributed by atoms with van der Waals surface area (Å²) in [5, 5.41) is 0.752. The van der Waals surface area contributed by atoms with E-state index < -0.39 is 11.5 Å². The van der Waals surface area contributed by atoms with E-state index in [-0.39, 0.29) is 25.4 Å². The highest BCUT2D eigenvalue weighted by Crippen LogP contribution is 2.29. The Morgan fingerprint density at radius 2 is 1.92 bits per heavy atom. The highest BCUT2D eigenvalue weighted by molar-refractivity contribution is 5.86. The monoisotopic (exact) mass is 347 g/mol. The van der Waals surface area contributed by atoms with Crippen molar-refractivity contribution < 1.29 is 23.5 Å². The number of esters is 1. The molecule has 0 saturated heterocycles. The Labute approximate surface area is 144 Å². The predicted molar refractivity (Wildman–Crippen MR) is 91.6 cm³/mol. The Morgan fingerprint density at radius 1 is 1.20 bits per heavy atom. The molecule has 0 bridgehead atoms. The zero-order valence-corrected chi connectivity index (χ0v) is 14.5. The maximum atomic E-state index is 12.3. The van der Waals surface area contributed by atoms with Crippen LogP contribution in [-0.4, -0.2) is 25.1 Å². The average molecular weight is 347 g/mol. The van der Waals surface area contributed by atoms with E-state index in [2.05, 4.69) is 0 Å². The van der Waals surface area contributed by atoms with Gasteiger partial charge in [0.2, 0.25) is 0 Å². The van der Waals surface area contributed by atoms with Crippen LogP contribution in [0.3, 0.4) is 0 Å². The number of carbonyl (C=O) groups excluding carboxylic acids is 2. The molecule has 0 aliphatic carbocycles. The van der Waals surface area contributed by atoms with Gasteiger partial charge in [0.05, 0.1) is 6.61 Å². The van der Waals surface area contributed by atoms with Gasteiger partial charge in [0.1, 0.15) is 11.3 Å². The summed E-state index contributed by atoms with van der Waals surface area (Å²) in [6.45, 7) is 5.32. The van der Waals surface area contributed by atoms with E-state index in [4.69, 9.17) is 19.6 Å². The molecule has 0 atom stereocenters. The minimum atomic E-state index is -0.591. The molecule has 0 saturated carbocycles. The molecule has 7 nitrogen and oxygen atoms in total. The molecule has 0 spiro atoms. The maximum Gasteiger partial charge on any atom is 0.339 e. The van der Waals surface area contributed by atoms with Gasteiger partial charge >= 0.3 is 11.6 Å². The number of benzene rings is 1. The van der Waals surface area contributed by atoms with E-state index in [1.54, 1.807) is 26.0 Å². The Hall–Kier alpha value is -2.83. The zero-order valence-electron chi connectivity index (χ0n) is 14.5. The molecule has 7 heteroatoms. The fourth-order valence-corrected chi connectivity index (χ4v) is 2.63. The van der Waals surface area contributed by atoms with Crippen molar-refractivity contribution in [1.29, 1.82) is 0 Å². The van der Waals surface area contributed by atoms with Crippen LogP contribution in [-0.2, 0) is 20.7 Å². The minimum Gasteiger partial charge on any atom is -0.483 e. The van der Waals surface area contributed by atoms with Crippen LogP contribution in [0.4, 0.5) is 0 Å². The van der Waals surface area contributed by atoms with Gasteiger partial charge in [0.25, 0.3) is 5.91 Å². The van der Waals surface area contributed by atoms with Gasteiger partial charge in [0.15, 0.2) is 6.61 Å². The number of nitrogens with two attached hydrogens (primary N) is 1. The minimum absolute atomic E-state index is 0.115. The Kier molecular flexibility index (Phi) is 5.80. The number of aryl methyl sites for hydroxylation is 2. The summed E-state index contributed by atoms with van der Waals surface area (Å²) in [4.78, 5) is 34.7. The van der Waals surface area contributed by atoms with Crippen LogP contribution in [0.1, 0.15) is 30.0 Å². The van der Waals surface area contributed by atoms with Gasteiger partial charge in [-0.2, -0.15) is 0 Å². The summed E-state index contributed by atoms with van der Waals surface area (Å²) < 4.78 is 15.7. The quantitative estimate of drug-likeness (QED) is 0.604. The molecule has 134 valence electrons. The average Bonchev–Trinajstić information content (AvgIpc) is 2.55. The smallest absolute Gasteiger partial charge is 0.339 e. The Bertz CT molecular complexity index is 868. The van der Waals surface area contributed by atoms with E-state index in [9.17, 15) is 14.4 Å². The lowest BCUT2D eigenvalue weighted by molar-refractivity contribution is -0.143. The van der Waals surface area contributed by atoms with Gasteiger partial charge in [-0.1, -0.05) is 0 Å². The molecule has 0 fully saturated rings. The predicted octanol–water partition coefficient (Wildman–Crippen LogP) is 1.77. The number of amides is 1. The lowest BCUT2D eigenvalue weighted by Crippen LogP contribution is -2.20. The summed E-state index contributed by atoms with van der Waals surface area (Å²) in [5.74, 6) is -0.521. The number of fused-ring (bicyclic) bond motifs is 1. The van der Waals surface area contributed by atoms with Crippen molar-refractivity contribution in [1.82, 2.24) is 0 Å². The fraction of sp³-hybridized carbons (Fsp3) is 0.389. The largest absolute Gasteiger partial charge is 0.483 e. The van der Waals surface area contributed by atoms with Gasteiger partial charge in [-0.25, -0.2) is 4.79 Å². The van der Waals surface area contributed by atoms with Crippen molar-refractivity contribution in [3.05, 3.63) is 39.2 Å². The molecule has 1 heterocycles. The normalized spacial score (nSPS) is 10.7. The summed E-state index contributed by atoms with van der Waals surface area (Å²) in [6, 6.07) is 3.45. The van der Waals surface area contributed by atoms with Gasteiger partial charge in [-0.3, -0.25) is 9.59 Å². The van der Waals surface area contributed by atoms with Crippen molar-refractivity contribution in [2.75, 3.05) is 13.2 Å². The van der Waals surface area contributed by atoms with Gasteiger partial charge < -0.3 is 19.6 Å². The molecule has 0 radical (unpaired) electrons. The molecular formula is C18H21NO6. The van der Waals surface area contributed by atoms with E-state index in [1.165, 1.54) is 0 Å². The number of hydrogen-bond donors (Lipinski definition) is 1. The third kappa shape index (κ3) is 4.17. The molecule has 0 aliphatic rings. The zero-order chi connectivity index (χ0) is 18.6. The number of primary amides is 1. The molecule has 1 aromatic carbocycles. The van der Waals surface area contributed by atoms with Crippen LogP contribution in [0.25, 0.3) is 11.0 Å². The van der Waals surface area contributed by atoms with Crippen molar-refractivity contribution >= 4 is 22.8 Å². The lowest BCUT2D eigenvalue weighted by atomic mass is 10.0. The second kappa shape index (κ2) is 7.83. The molecule has 2 aromatic rings. The molecule has 1 amide bonds. The molecule has 25 heavy (non-hydrogen) atoms. The third-order valence-corrected chi connectivity index (χ3v) is 3.91. The van der Waals surface area contributed by atoms with Crippen LogP contribution >= 0.6 is 0 Å². The number of carbonyl (C=O) groups is 2. The third-order valence-electron chi connectivity index (χ3n) is 3.91. The van der Waals surface area contributed by atoms with Crippen LogP contribution < -0.4 is 16.1 Å². The highest BCUT2D eigenvalue weighted by Gasteiger charge is 2.16. The number of ether oxygens (including phenoxy) is 2. The maximum absolute atomic E-state index is 12.3. The van der Waals surface area contributed by atoms with Crippen molar-refractivity contribution in [2.24, 2.45) is 5.73 Å². The Morgan fingerprint density at radius 3 is 2.56 bits per heavy atom. The van der Waals surface area contributed by atoms with E-state index >= 15 is 0 Å². The van der Waals surface area contributed by atoms with Crippen LogP contribution in [0.15, 0.2) is 21.3 Å². The first-order valence-corrected chi connectivity index (χ1v) is 7.97. The fourth-order valence-electron chi connectivity index (χ4n) is 2.63. The summed E-state index contributed by atoms with van der Waals surface area (Å²) in [5.41, 5.74) is 6.78. The molecule has 0 unspecified atom stereocenters. The van der Waals surface area contributed by atoms with E-state index in [0.717, 1.165) is 10.9 Å². The summed E-state index contributed by atoms with van der Waals surface area (Å²) in [6.07, 6.45) is 0.367. The summed E-state index contributed by atoms with van der Waals surface area (Å²) in [7, 11) is 0. The second-order valence-corrected chi connectivity index (χ2v) is 5.62. The van der Waals surface area contributed by atoms with Crippen LogP contribution in [0.5, 0.6) is 5.75 Å². The molecule has 2 rings (SSSR count). The first kappa shape index (κ1) is 18.5. The van der Waals surface area contributed by atoms with Crippen molar-refractivity contribution in [2.45, 2.75) is 33.6 Å². The standard InChI is InChI=1S/C18H21NO6/c1-4-23-16(21)8-6-13-10(2)12-5-7-14(24-9-15(19)20)11(3)17(12)25-18(13)22/h5,7H,4,6,8-9H2,1-3H3,(H2,19,20). The molecule has 1 aromatic heterocycles. The highest BCUT2D eigenvalue weighted by atomic mass is 16.5. The topological polar surface area (TPSA) is 109 Å². The molecular weight excluding hydrogens is 326 g/mol. The first-order valence-electron chi connectivity index (χ1n) is 7.97. The SMILES string of the molecule is CCOC(=O)CCc1c(C)c2ccc(OCC(N)=O)c(C)c2oc1=O. The number of hydrogen-bond acceptors (Lipinski definition) is 6. The van der Waals surface area contributed by atoms with Crippen LogP contribution in [0.2, 0.25) is 0 Å². The van der Waals surface area contributed by atoms with Crippen molar-refractivity contribution in [3.8, 4) is 5.75 Å². The Balaban J connectivity index is 2.39. The van der Waals surface area contributed by atoms with Gasteiger partial charge in [0, 0.05) is 22.9 Å². The van der Waals surface area contributed by atoms with Crippen molar-refractivity contribution in [3.63, 3.8) is 0 Å². The summed E-state index contributed by atoms with van der Waals surface area (Å²) >= 11 is 0. The van der Waals surface area contributed by atoms with Crippen LogP contribution in [0, 0.1) is 13.8 Å². The molecule has 0 aliphatic heterocycles. The first-order chi connectivity index (χ1) is 11.8. The van der Waals surface area contributed by atoms with E-state index in [1.807, 2.05) is 6.92 Å². The van der Waals surface area contributed by atoms with Gasteiger partial charge in [-0.15, -0.1) is 0 Å². The lowest BCUT2D eigenvalue weighted by Gasteiger charge is -2.12. The van der Waals surface area contributed by atoms with E-state index in [0.29, 0.717) is 29.1 Å².